The normalized spacial score (nSPS) is 11.8. The van der Waals surface area contributed by atoms with Crippen LogP contribution in [0.4, 0.5) is 19.1 Å². The number of alkyl halides is 3. The lowest BCUT2D eigenvalue weighted by atomic mass is 10.2. The van der Waals surface area contributed by atoms with Gasteiger partial charge in [-0.05, 0) is 18.9 Å². The fraction of sp³-hybridized carbons (Fsp3) is 0.417. The second-order valence-corrected chi connectivity index (χ2v) is 4.21. The molecule has 0 fully saturated rings. The maximum absolute atomic E-state index is 12.7. The Bertz CT molecular complexity index is 618. The molecule has 0 bridgehead atoms. The average Bonchev–Trinajstić information content (AvgIpc) is 2.80. The molecule has 8 heteroatoms. The molecule has 0 saturated heterocycles. The fourth-order valence-corrected chi connectivity index (χ4v) is 1.80. The Morgan fingerprint density at radius 3 is 2.40 bits per heavy atom. The van der Waals surface area contributed by atoms with Crippen LogP contribution in [-0.4, -0.2) is 19.7 Å². The predicted molar refractivity (Wildman–Crippen MR) is 67.3 cm³/mol. The van der Waals surface area contributed by atoms with Gasteiger partial charge in [-0.1, -0.05) is 13.8 Å². The quantitative estimate of drug-likeness (QED) is 0.940. The number of hydrogen-bond donors (Lipinski definition) is 1. The molecule has 0 aromatic carbocycles. The fourth-order valence-electron chi connectivity index (χ4n) is 1.80. The van der Waals surface area contributed by atoms with Crippen molar-refractivity contribution in [1.82, 2.24) is 19.7 Å². The second-order valence-electron chi connectivity index (χ2n) is 4.21. The summed E-state index contributed by atoms with van der Waals surface area (Å²) in [5.74, 6) is -0.396. The van der Waals surface area contributed by atoms with Crippen LogP contribution in [-0.2, 0) is 19.0 Å². The molecule has 2 rings (SSSR count). The highest BCUT2D eigenvalue weighted by Crippen LogP contribution is 2.29. The van der Waals surface area contributed by atoms with E-state index in [9.17, 15) is 13.2 Å². The molecule has 0 radical (unpaired) electrons. The van der Waals surface area contributed by atoms with Gasteiger partial charge in [-0.2, -0.15) is 23.3 Å². The van der Waals surface area contributed by atoms with E-state index in [1.807, 2.05) is 19.9 Å². The number of nitrogens with two attached hydrogens (primary N) is 1. The zero-order chi connectivity index (χ0) is 14.9. The van der Waals surface area contributed by atoms with Gasteiger partial charge in [0.2, 0.25) is 5.95 Å². The second kappa shape index (κ2) is 5.10. The van der Waals surface area contributed by atoms with Crippen LogP contribution in [0.25, 0.3) is 5.82 Å². The van der Waals surface area contributed by atoms with Crippen molar-refractivity contribution in [2.75, 3.05) is 5.73 Å². The molecule has 2 aromatic heterocycles. The van der Waals surface area contributed by atoms with Crippen molar-refractivity contribution in [3.63, 3.8) is 0 Å². The Morgan fingerprint density at radius 1 is 1.15 bits per heavy atom. The molecule has 0 saturated carbocycles. The Hall–Kier alpha value is -2.12. The van der Waals surface area contributed by atoms with Crippen LogP contribution in [0.1, 0.15) is 30.9 Å². The number of aryl methyl sites for hydroxylation is 2. The van der Waals surface area contributed by atoms with Crippen molar-refractivity contribution < 1.29 is 13.2 Å². The number of nitrogens with zero attached hydrogens (tertiary/aromatic N) is 4. The molecule has 0 atom stereocenters. The Balaban J connectivity index is 2.58. The summed E-state index contributed by atoms with van der Waals surface area (Å²) in [4.78, 5) is 7.05. The highest BCUT2D eigenvalue weighted by molar-refractivity contribution is 5.34. The lowest BCUT2D eigenvalue weighted by Crippen LogP contribution is -2.14. The molecule has 0 aliphatic carbocycles. The third-order valence-corrected chi connectivity index (χ3v) is 2.80. The predicted octanol–water partition coefficient (Wildman–Crippen LogP) is 2.39. The highest BCUT2D eigenvalue weighted by atomic mass is 19.4. The first-order valence-corrected chi connectivity index (χ1v) is 6.15. The molecular formula is C12H14F3N5. The smallest absolute Gasteiger partial charge is 0.368 e. The molecule has 0 unspecified atom stereocenters. The summed E-state index contributed by atoms with van der Waals surface area (Å²) in [6, 6.07) is 2.69. The molecular weight excluding hydrogens is 271 g/mol. The minimum absolute atomic E-state index is 0.0291. The third kappa shape index (κ3) is 2.73. The molecule has 0 aliphatic heterocycles. The van der Waals surface area contributed by atoms with E-state index in [-0.39, 0.29) is 5.82 Å². The van der Waals surface area contributed by atoms with Gasteiger partial charge in [0, 0.05) is 11.8 Å². The van der Waals surface area contributed by atoms with Crippen LogP contribution < -0.4 is 5.73 Å². The van der Waals surface area contributed by atoms with E-state index in [1.54, 1.807) is 0 Å². The Labute approximate surface area is 113 Å². The van der Waals surface area contributed by atoms with E-state index >= 15 is 0 Å². The van der Waals surface area contributed by atoms with Crippen molar-refractivity contribution in [2.45, 2.75) is 32.9 Å². The van der Waals surface area contributed by atoms with Crippen LogP contribution in [0.15, 0.2) is 12.1 Å². The van der Waals surface area contributed by atoms with Crippen LogP contribution in [0.2, 0.25) is 0 Å². The zero-order valence-electron chi connectivity index (χ0n) is 11.1. The molecule has 5 nitrogen and oxygen atoms in total. The van der Waals surface area contributed by atoms with Crippen LogP contribution >= 0.6 is 0 Å². The molecule has 0 aliphatic rings. The van der Waals surface area contributed by atoms with Crippen molar-refractivity contribution in [3.8, 4) is 5.82 Å². The topological polar surface area (TPSA) is 69.6 Å². The van der Waals surface area contributed by atoms with Crippen LogP contribution in [0.5, 0.6) is 0 Å². The Morgan fingerprint density at radius 2 is 1.85 bits per heavy atom. The van der Waals surface area contributed by atoms with Gasteiger partial charge in [0.1, 0.15) is 0 Å². The lowest BCUT2D eigenvalue weighted by molar-refractivity contribution is -0.141. The average molecular weight is 285 g/mol. The van der Waals surface area contributed by atoms with Crippen molar-refractivity contribution in [3.05, 3.63) is 29.2 Å². The summed E-state index contributed by atoms with van der Waals surface area (Å²) in [5, 5.41) is 4.24. The van der Waals surface area contributed by atoms with Gasteiger partial charge in [0.15, 0.2) is 11.5 Å². The molecule has 2 N–H and O–H groups in total. The molecule has 108 valence electrons. The van der Waals surface area contributed by atoms with Crippen molar-refractivity contribution >= 4 is 5.95 Å². The van der Waals surface area contributed by atoms with Gasteiger partial charge in [0.25, 0.3) is 0 Å². The van der Waals surface area contributed by atoms with Crippen LogP contribution in [0, 0.1) is 0 Å². The van der Waals surface area contributed by atoms with Gasteiger partial charge < -0.3 is 5.73 Å². The van der Waals surface area contributed by atoms with Crippen molar-refractivity contribution in [1.29, 1.82) is 0 Å². The zero-order valence-corrected chi connectivity index (χ0v) is 11.1. The Kier molecular flexibility index (Phi) is 3.65. The van der Waals surface area contributed by atoms with Gasteiger partial charge in [-0.3, -0.25) is 0 Å². The molecule has 0 spiro atoms. The minimum atomic E-state index is -4.57. The summed E-state index contributed by atoms with van der Waals surface area (Å²) in [6.45, 7) is 3.81. The summed E-state index contributed by atoms with van der Waals surface area (Å²) in [5.41, 5.74) is 5.84. The monoisotopic (exact) mass is 285 g/mol. The maximum Gasteiger partial charge on any atom is 0.433 e. The lowest BCUT2D eigenvalue weighted by Gasteiger charge is -2.10. The first-order chi connectivity index (χ1) is 9.35. The van der Waals surface area contributed by atoms with Crippen molar-refractivity contribution in [2.24, 2.45) is 0 Å². The summed E-state index contributed by atoms with van der Waals surface area (Å²) >= 11 is 0. The largest absolute Gasteiger partial charge is 0.433 e. The van der Waals surface area contributed by atoms with Crippen LogP contribution in [0.3, 0.4) is 0 Å². The number of nitrogen functional groups attached to an aromatic ring is 1. The highest BCUT2D eigenvalue weighted by Gasteiger charge is 2.34. The molecule has 0 amide bonds. The molecule has 20 heavy (non-hydrogen) atoms. The first kappa shape index (κ1) is 14.3. The third-order valence-electron chi connectivity index (χ3n) is 2.80. The molecule has 2 heterocycles. The minimum Gasteiger partial charge on any atom is -0.368 e. The van der Waals surface area contributed by atoms with E-state index < -0.39 is 17.8 Å². The van der Waals surface area contributed by atoms with E-state index in [0.29, 0.717) is 12.8 Å². The van der Waals surface area contributed by atoms with E-state index in [4.69, 9.17) is 5.73 Å². The number of hydrogen-bond acceptors (Lipinski definition) is 4. The van der Waals surface area contributed by atoms with Gasteiger partial charge in [0.05, 0.1) is 5.69 Å². The van der Waals surface area contributed by atoms with E-state index in [2.05, 4.69) is 15.1 Å². The number of aromatic nitrogens is 4. The van der Waals surface area contributed by atoms with E-state index in [1.165, 1.54) is 4.68 Å². The number of halogens is 3. The summed E-state index contributed by atoms with van der Waals surface area (Å²) in [7, 11) is 0. The number of anilines is 1. The standard InChI is InChI=1S/C12H14F3N5/c1-3-7-5-8(4-2)20(19-7)10-6-9(12(13,14)15)17-11(16)18-10/h5-6H,3-4H2,1-2H3,(H2,16,17,18). The van der Waals surface area contributed by atoms with E-state index in [0.717, 1.165) is 17.5 Å². The maximum atomic E-state index is 12.7. The molecule has 2 aromatic rings. The SMILES string of the molecule is CCc1cc(CC)n(-c2cc(C(F)(F)F)nc(N)n2)n1. The summed E-state index contributed by atoms with van der Waals surface area (Å²) < 4.78 is 39.6. The summed E-state index contributed by atoms with van der Waals surface area (Å²) in [6.07, 6.45) is -3.26. The first-order valence-electron chi connectivity index (χ1n) is 6.15. The van der Waals surface area contributed by atoms with Gasteiger partial charge in [-0.25, -0.2) is 9.67 Å². The van der Waals surface area contributed by atoms with Gasteiger partial charge in [-0.15, -0.1) is 0 Å². The number of rotatable bonds is 3. The van der Waals surface area contributed by atoms with Gasteiger partial charge >= 0.3 is 6.18 Å².